The van der Waals surface area contributed by atoms with Crippen LogP contribution in [0, 0.1) is 11.7 Å². The molecule has 7 nitrogen and oxygen atoms in total. The Morgan fingerprint density at radius 2 is 1.74 bits per heavy atom. The van der Waals surface area contributed by atoms with Gasteiger partial charge in [-0.25, -0.2) is 17.1 Å². The van der Waals surface area contributed by atoms with Crippen LogP contribution in [0.3, 0.4) is 0 Å². The van der Waals surface area contributed by atoms with Crippen LogP contribution in [0.4, 0.5) is 4.39 Å². The highest BCUT2D eigenvalue weighted by atomic mass is 32.2. The van der Waals surface area contributed by atoms with Crippen molar-refractivity contribution in [3.05, 3.63) is 59.4 Å². The molecule has 186 valence electrons. The molecule has 0 saturated carbocycles. The largest absolute Gasteiger partial charge is 0.490 e. The van der Waals surface area contributed by atoms with E-state index < -0.39 is 15.8 Å². The van der Waals surface area contributed by atoms with Gasteiger partial charge in [0.25, 0.3) is 0 Å². The van der Waals surface area contributed by atoms with Crippen LogP contribution >= 0.6 is 0 Å². The van der Waals surface area contributed by atoms with E-state index in [0.717, 1.165) is 5.56 Å². The Balaban J connectivity index is 1.57. The van der Waals surface area contributed by atoms with Crippen molar-refractivity contribution in [1.29, 1.82) is 0 Å². The molecule has 1 saturated heterocycles. The second-order valence-corrected chi connectivity index (χ2v) is 10.3. The number of nitrogens with zero attached hydrogens (tertiary/aromatic N) is 1. The molecule has 0 aliphatic carbocycles. The van der Waals surface area contributed by atoms with Crippen molar-refractivity contribution >= 4 is 15.9 Å². The average Bonchev–Trinajstić information content (AvgIpc) is 2.82. The topological polar surface area (TPSA) is 84.9 Å². The number of benzene rings is 2. The average molecular weight is 493 g/mol. The zero-order chi connectivity index (χ0) is 24.7. The van der Waals surface area contributed by atoms with E-state index in [1.165, 1.54) is 22.5 Å². The van der Waals surface area contributed by atoms with Crippen LogP contribution in [0.1, 0.15) is 50.8 Å². The number of carbonyl (C=O) groups is 1. The third kappa shape index (κ3) is 6.48. The number of piperidine rings is 1. The molecule has 2 aromatic carbocycles. The van der Waals surface area contributed by atoms with Gasteiger partial charge in [-0.2, -0.15) is 0 Å². The summed E-state index contributed by atoms with van der Waals surface area (Å²) in [5.74, 6) is -0.00190. The Kier molecular flexibility index (Phi) is 8.90. The first-order valence-electron chi connectivity index (χ1n) is 11.7. The zero-order valence-corrected chi connectivity index (χ0v) is 20.7. The standard InChI is InChI=1S/C25H33FN2O5S/c1-4-32-23-11-10-20(16-24(23)33-5-2)18(3)27-25(29)19-12-14-28(15-13-19)34(30,31)17-21-8-6-7-9-22(21)26/h6-11,16,18-19H,4-5,12-15,17H2,1-3H3,(H,27,29)/t18-/m1/s1. The second kappa shape index (κ2) is 11.7. The maximum atomic E-state index is 13.9. The summed E-state index contributed by atoms with van der Waals surface area (Å²) in [7, 11) is -3.66. The highest BCUT2D eigenvalue weighted by Gasteiger charge is 2.32. The molecule has 0 spiro atoms. The van der Waals surface area contributed by atoms with Crippen molar-refractivity contribution in [1.82, 2.24) is 9.62 Å². The van der Waals surface area contributed by atoms with E-state index in [2.05, 4.69) is 5.32 Å². The molecule has 0 aromatic heterocycles. The molecule has 0 unspecified atom stereocenters. The van der Waals surface area contributed by atoms with E-state index in [9.17, 15) is 17.6 Å². The fourth-order valence-corrected chi connectivity index (χ4v) is 5.63. The number of carbonyl (C=O) groups excluding carboxylic acids is 1. The number of hydrogen-bond acceptors (Lipinski definition) is 5. The van der Waals surface area contributed by atoms with Crippen LogP contribution in [0.2, 0.25) is 0 Å². The minimum atomic E-state index is -3.66. The molecule has 34 heavy (non-hydrogen) atoms. The molecule has 2 aromatic rings. The molecule has 1 aliphatic rings. The van der Waals surface area contributed by atoms with Gasteiger partial charge in [-0.15, -0.1) is 0 Å². The van der Waals surface area contributed by atoms with Crippen LogP contribution in [0.25, 0.3) is 0 Å². The lowest BCUT2D eigenvalue weighted by Gasteiger charge is -2.31. The Labute approximate surface area is 201 Å². The Morgan fingerprint density at radius 1 is 1.09 bits per heavy atom. The van der Waals surface area contributed by atoms with Gasteiger partial charge in [-0.05, 0) is 57.4 Å². The molecule has 0 bridgehead atoms. The van der Waals surface area contributed by atoms with Crippen molar-refractivity contribution in [3.63, 3.8) is 0 Å². The molecule has 1 amide bonds. The number of hydrogen-bond donors (Lipinski definition) is 1. The smallest absolute Gasteiger partial charge is 0.223 e. The number of nitrogens with one attached hydrogen (secondary N) is 1. The van der Waals surface area contributed by atoms with Gasteiger partial charge < -0.3 is 14.8 Å². The molecule has 1 atom stereocenters. The first-order chi connectivity index (χ1) is 16.2. The predicted octanol–water partition coefficient (Wildman–Crippen LogP) is 4.04. The lowest BCUT2D eigenvalue weighted by molar-refractivity contribution is -0.126. The molecule has 9 heteroatoms. The molecular weight excluding hydrogens is 459 g/mol. The molecule has 1 N–H and O–H groups in total. The summed E-state index contributed by atoms with van der Waals surface area (Å²) in [5.41, 5.74) is 1.04. The summed E-state index contributed by atoms with van der Waals surface area (Å²) in [6.45, 7) is 7.21. The fourth-order valence-electron chi connectivity index (χ4n) is 4.05. The lowest BCUT2D eigenvalue weighted by atomic mass is 9.96. The molecule has 3 rings (SSSR count). The molecule has 1 heterocycles. The monoisotopic (exact) mass is 492 g/mol. The summed E-state index contributed by atoms with van der Waals surface area (Å²) < 4.78 is 52.0. The first kappa shape index (κ1) is 26.0. The Hall–Kier alpha value is -2.65. The maximum absolute atomic E-state index is 13.9. The van der Waals surface area contributed by atoms with Crippen molar-refractivity contribution < 1.29 is 27.1 Å². The third-order valence-electron chi connectivity index (χ3n) is 5.94. The van der Waals surface area contributed by atoms with Gasteiger partial charge in [0.05, 0.1) is 25.0 Å². The van der Waals surface area contributed by atoms with Gasteiger partial charge in [0, 0.05) is 24.6 Å². The van der Waals surface area contributed by atoms with Crippen molar-refractivity contribution in [2.45, 2.75) is 45.4 Å². The van der Waals surface area contributed by atoms with Gasteiger partial charge in [0.15, 0.2) is 11.5 Å². The van der Waals surface area contributed by atoms with Crippen molar-refractivity contribution in [2.75, 3.05) is 26.3 Å². The van der Waals surface area contributed by atoms with E-state index in [-0.39, 0.29) is 42.3 Å². The van der Waals surface area contributed by atoms with Gasteiger partial charge >= 0.3 is 0 Å². The first-order valence-corrected chi connectivity index (χ1v) is 13.3. The molecular formula is C25H33FN2O5S. The summed E-state index contributed by atoms with van der Waals surface area (Å²) in [6.07, 6.45) is 0.838. The SMILES string of the molecule is CCOc1ccc([C@@H](C)NC(=O)C2CCN(S(=O)(=O)Cc3ccccc3F)CC2)cc1OCC. The summed E-state index contributed by atoms with van der Waals surface area (Å²) in [5, 5.41) is 3.03. The van der Waals surface area contributed by atoms with Crippen LogP contribution in [0.15, 0.2) is 42.5 Å². The molecule has 0 radical (unpaired) electrons. The zero-order valence-electron chi connectivity index (χ0n) is 19.9. The van der Waals surface area contributed by atoms with Crippen molar-refractivity contribution in [2.24, 2.45) is 5.92 Å². The van der Waals surface area contributed by atoms with Crippen molar-refractivity contribution in [3.8, 4) is 11.5 Å². The Bertz CT molecular complexity index is 1080. The van der Waals surface area contributed by atoms with Gasteiger partial charge in [0.2, 0.25) is 15.9 Å². The highest BCUT2D eigenvalue weighted by Crippen LogP contribution is 2.31. The van der Waals surface area contributed by atoms with Gasteiger partial charge in [-0.1, -0.05) is 24.3 Å². The summed E-state index contributed by atoms with van der Waals surface area (Å²) >= 11 is 0. The predicted molar refractivity (Wildman–Crippen MR) is 129 cm³/mol. The normalized spacial score (nSPS) is 16.1. The summed E-state index contributed by atoms with van der Waals surface area (Å²) in [6, 6.07) is 11.2. The maximum Gasteiger partial charge on any atom is 0.223 e. The van der Waals surface area contributed by atoms with Gasteiger partial charge in [-0.3, -0.25) is 4.79 Å². The second-order valence-electron chi connectivity index (χ2n) is 8.32. The fraction of sp³-hybridized carbons (Fsp3) is 0.480. The van der Waals surface area contributed by atoms with E-state index in [1.54, 1.807) is 6.07 Å². The van der Waals surface area contributed by atoms with Crippen LogP contribution in [-0.4, -0.2) is 44.9 Å². The Morgan fingerprint density at radius 3 is 2.38 bits per heavy atom. The van der Waals surface area contributed by atoms with Crippen LogP contribution in [-0.2, 0) is 20.6 Å². The van der Waals surface area contributed by atoms with E-state index in [4.69, 9.17) is 9.47 Å². The molecule has 1 aliphatic heterocycles. The number of halogens is 1. The van der Waals surface area contributed by atoms with Crippen LogP contribution < -0.4 is 14.8 Å². The van der Waals surface area contributed by atoms with E-state index in [0.29, 0.717) is 37.6 Å². The minimum Gasteiger partial charge on any atom is -0.490 e. The number of amides is 1. The number of rotatable bonds is 10. The van der Waals surface area contributed by atoms with Gasteiger partial charge in [0.1, 0.15) is 5.82 Å². The quantitative estimate of drug-likeness (QED) is 0.541. The lowest BCUT2D eigenvalue weighted by Crippen LogP contribution is -2.43. The number of ether oxygens (including phenoxy) is 2. The highest BCUT2D eigenvalue weighted by molar-refractivity contribution is 7.88. The third-order valence-corrected chi connectivity index (χ3v) is 7.77. The number of sulfonamides is 1. The van der Waals surface area contributed by atoms with E-state index in [1.807, 2.05) is 39.0 Å². The van der Waals surface area contributed by atoms with E-state index >= 15 is 0 Å². The molecule has 1 fully saturated rings. The van der Waals surface area contributed by atoms with Crippen LogP contribution in [0.5, 0.6) is 11.5 Å². The summed E-state index contributed by atoms with van der Waals surface area (Å²) in [4.78, 5) is 12.9. The minimum absolute atomic E-state index is 0.106.